The van der Waals surface area contributed by atoms with Crippen molar-refractivity contribution in [2.45, 2.75) is 13.5 Å². The minimum absolute atomic E-state index is 0.190. The van der Waals surface area contributed by atoms with Gasteiger partial charge in [-0.05, 0) is 25.1 Å². The van der Waals surface area contributed by atoms with E-state index in [0.717, 1.165) is 5.69 Å². The quantitative estimate of drug-likeness (QED) is 0.661. The first-order chi connectivity index (χ1) is 14.5. The summed E-state index contributed by atoms with van der Waals surface area (Å²) in [4.78, 5) is 29.6. The summed E-state index contributed by atoms with van der Waals surface area (Å²) in [5, 5.41) is 5.41. The molecule has 2 aromatic carbocycles. The fourth-order valence-electron chi connectivity index (χ4n) is 3.77. The van der Waals surface area contributed by atoms with Crippen molar-refractivity contribution in [3.05, 3.63) is 64.3 Å². The second-order valence-electron chi connectivity index (χ2n) is 7.11. The van der Waals surface area contributed by atoms with Crippen molar-refractivity contribution in [2.75, 3.05) is 38.2 Å². The molecule has 0 spiro atoms. The molecule has 1 amide bonds. The van der Waals surface area contributed by atoms with E-state index in [0.29, 0.717) is 49.2 Å². The van der Waals surface area contributed by atoms with Crippen molar-refractivity contribution in [1.82, 2.24) is 14.7 Å². The van der Waals surface area contributed by atoms with Crippen molar-refractivity contribution in [2.24, 2.45) is 0 Å². The summed E-state index contributed by atoms with van der Waals surface area (Å²) in [7, 11) is 1.44. The Kier molecular flexibility index (Phi) is 5.39. The van der Waals surface area contributed by atoms with Crippen LogP contribution in [0.5, 0.6) is 5.75 Å². The molecule has 0 aliphatic carbocycles. The van der Waals surface area contributed by atoms with E-state index in [9.17, 15) is 14.0 Å². The van der Waals surface area contributed by atoms with Crippen LogP contribution in [0.2, 0.25) is 0 Å². The van der Waals surface area contributed by atoms with Crippen LogP contribution in [0.25, 0.3) is 10.8 Å². The fraction of sp³-hybridized carbons (Fsp3) is 0.318. The zero-order valence-corrected chi connectivity index (χ0v) is 17.0. The zero-order valence-electron chi connectivity index (χ0n) is 17.0. The van der Waals surface area contributed by atoms with Crippen LogP contribution in [-0.4, -0.2) is 53.9 Å². The number of carbonyl (C=O) groups is 1. The Hall–Kier alpha value is -3.42. The van der Waals surface area contributed by atoms with Crippen molar-refractivity contribution >= 4 is 22.4 Å². The van der Waals surface area contributed by atoms with Gasteiger partial charge in [0.1, 0.15) is 0 Å². The largest absolute Gasteiger partial charge is 0.494 e. The summed E-state index contributed by atoms with van der Waals surface area (Å²) in [6.07, 6.45) is 0. The standard InChI is InChI=1S/C22H23FN4O3/c1-3-27-21(28)17-7-5-4-6-16(17)20(24-27)22(29)26-12-10-25(11-13-26)15-8-9-18(23)19(14-15)30-2/h4-9,14H,3,10-13H2,1-2H3. The molecule has 1 aliphatic rings. The summed E-state index contributed by atoms with van der Waals surface area (Å²) in [6.45, 7) is 4.43. The van der Waals surface area contributed by atoms with Gasteiger partial charge in [-0.15, -0.1) is 0 Å². The van der Waals surface area contributed by atoms with Gasteiger partial charge >= 0.3 is 0 Å². The molecule has 0 atom stereocenters. The smallest absolute Gasteiger partial charge is 0.275 e. The maximum atomic E-state index is 13.7. The highest BCUT2D eigenvalue weighted by Crippen LogP contribution is 2.25. The SMILES string of the molecule is CCn1nc(C(=O)N2CCN(c3ccc(F)c(OC)c3)CC2)c2ccccc2c1=O. The van der Waals surface area contributed by atoms with Gasteiger partial charge in [0, 0.05) is 49.9 Å². The van der Waals surface area contributed by atoms with Crippen molar-refractivity contribution < 1.29 is 13.9 Å². The number of halogens is 1. The van der Waals surface area contributed by atoms with Crippen molar-refractivity contribution in [3.63, 3.8) is 0 Å². The normalized spacial score (nSPS) is 14.2. The van der Waals surface area contributed by atoms with E-state index < -0.39 is 5.82 Å². The minimum Gasteiger partial charge on any atom is -0.494 e. The number of hydrogen-bond acceptors (Lipinski definition) is 5. The number of anilines is 1. The minimum atomic E-state index is -0.404. The molecule has 1 fully saturated rings. The highest BCUT2D eigenvalue weighted by molar-refractivity contribution is 6.04. The number of methoxy groups -OCH3 is 1. The molecule has 3 aromatic rings. The molecular weight excluding hydrogens is 387 g/mol. The molecule has 1 aliphatic heterocycles. The predicted molar refractivity (Wildman–Crippen MR) is 113 cm³/mol. The van der Waals surface area contributed by atoms with Crippen molar-refractivity contribution in [1.29, 1.82) is 0 Å². The summed E-state index contributed by atoms with van der Waals surface area (Å²) in [5.41, 5.74) is 0.951. The van der Waals surface area contributed by atoms with Gasteiger partial charge in [0.05, 0.1) is 12.5 Å². The number of aryl methyl sites for hydroxylation is 1. The number of nitrogens with zero attached hydrogens (tertiary/aromatic N) is 4. The Balaban J connectivity index is 1.57. The summed E-state index contributed by atoms with van der Waals surface area (Å²) < 4.78 is 20.1. The Morgan fingerprint density at radius 1 is 1.10 bits per heavy atom. The van der Waals surface area contributed by atoms with Crippen LogP contribution in [0.1, 0.15) is 17.4 Å². The molecule has 2 heterocycles. The van der Waals surface area contributed by atoms with Crippen LogP contribution in [0.4, 0.5) is 10.1 Å². The fourth-order valence-corrected chi connectivity index (χ4v) is 3.77. The molecule has 1 aromatic heterocycles. The van der Waals surface area contributed by atoms with Gasteiger partial charge in [0.2, 0.25) is 0 Å². The van der Waals surface area contributed by atoms with Gasteiger partial charge in [-0.1, -0.05) is 18.2 Å². The highest BCUT2D eigenvalue weighted by atomic mass is 19.1. The summed E-state index contributed by atoms with van der Waals surface area (Å²) in [6, 6.07) is 11.8. The van der Waals surface area contributed by atoms with E-state index in [4.69, 9.17) is 4.74 Å². The lowest BCUT2D eigenvalue weighted by molar-refractivity contribution is 0.0740. The Morgan fingerprint density at radius 2 is 1.80 bits per heavy atom. The topological polar surface area (TPSA) is 67.7 Å². The number of amides is 1. The Labute approximate surface area is 173 Å². The average molecular weight is 410 g/mol. The second-order valence-corrected chi connectivity index (χ2v) is 7.11. The second kappa shape index (κ2) is 8.14. The molecule has 8 heteroatoms. The third-order valence-electron chi connectivity index (χ3n) is 5.44. The van der Waals surface area contributed by atoms with Gasteiger partial charge in [0.25, 0.3) is 11.5 Å². The number of fused-ring (bicyclic) bond motifs is 1. The highest BCUT2D eigenvalue weighted by Gasteiger charge is 2.26. The molecule has 30 heavy (non-hydrogen) atoms. The molecule has 1 saturated heterocycles. The molecule has 0 saturated carbocycles. The lowest BCUT2D eigenvalue weighted by atomic mass is 10.1. The maximum absolute atomic E-state index is 13.7. The average Bonchev–Trinajstić information content (AvgIpc) is 2.79. The summed E-state index contributed by atoms with van der Waals surface area (Å²) >= 11 is 0. The molecular formula is C22H23FN4O3. The number of hydrogen-bond donors (Lipinski definition) is 0. The number of piperazine rings is 1. The van der Waals surface area contributed by atoms with Crippen LogP contribution >= 0.6 is 0 Å². The Morgan fingerprint density at radius 3 is 2.47 bits per heavy atom. The first kappa shape index (κ1) is 19.9. The van der Waals surface area contributed by atoms with Crippen LogP contribution in [0.15, 0.2) is 47.3 Å². The monoisotopic (exact) mass is 410 g/mol. The van der Waals surface area contributed by atoms with Gasteiger partial charge in [-0.2, -0.15) is 5.10 Å². The number of aromatic nitrogens is 2. The number of carbonyl (C=O) groups excluding carboxylic acids is 1. The third-order valence-corrected chi connectivity index (χ3v) is 5.44. The number of rotatable bonds is 4. The van der Waals surface area contributed by atoms with E-state index >= 15 is 0 Å². The van der Waals surface area contributed by atoms with E-state index in [1.807, 2.05) is 6.92 Å². The number of benzene rings is 2. The van der Waals surface area contributed by atoms with E-state index in [1.165, 1.54) is 17.9 Å². The Bertz CT molecular complexity index is 1150. The van der Waals surface area contributed by atoms with Crippen LogP contribution in [0, 0.1) is 5.82 Å². The first-order valence-electron chi connectivity index (χ1n) is 9.91. The third kappa shape index (κ3) is 3.49. The molecule has 0 unspecified atom stereocenters. The maximum Gasteiger partial charge on any atom is 0.275 e. The molecule has 7 nitrogen and oxygen atoms in total. The van der Waals surface area contributed by atoms with Gasteiger partial charge in [-0.3, -0.25) is 9.59 Å². The molecule has 0 radical (unpaired) electrons. The predicted octanol–water partition coefficient (Wildman–Crippen LogP) is 2.53. The van der Waals surface area contributed by atoms with Crippen LogP contribution in [0.3, 0.4) is 0 Å². The lowest BCUT2D eigenvalue weighted by Gasteiger charge is -2.36. The van der Waals surface area contributed by atoms with Crippen molar-refractivity contribution in [3.8, 4) is 5.75 Å². The molecule has 0 bridgehead atoms. The summed E-state index contributed by atoms with van der Waals surface area (Å²) in [5.74, 6) is -0.396. The molecule has 156 valence electrons. The first-order valence-corrected chi connectivity index (χ1v) is 9.91. The van der Waals surface area contributed by atoms with Crippen LogP contribution in [-0.2, 0) is 6.54 Å². The van der Waals surface area contributed by atoms with E-state index in [1.54, 1.807) is 41.3 Å². The molecule has 4 rings (SSSR count). The van der Waals surface area contributed by atoms with E-state index in [-0.39, 0.29) is 17.2 Å². The van der Waals surface area contributed by atoms with Gasteiger partial charge < -0.3 is 14.5 Å². The molecule has 0 N–H and O–H groups in total. The number of ether oxygens (including phenoxy) is 1. The van der Waals surface area contributed by atoms with Crippen LogP contribution < -0.4 is 15.2 Å². The van der Waals surface area contributed by atoms with Gasteiger partial charge in [0.15, 0.2) is 17.3 Å². The van der Waals surface area contributed by atoms with Gasteiger partial charge in [-0.25, -0.2) is 9.07 Å². The zero-order chi connectivity index (χ0) is 21.3. The van der Waals surface area contributed by atoms with E-state index in [2.05, 4.69) is 10.00 Å². The lowest BCUT2D eigenvalue weighted by Crippen LogP contribution is -2.49.